The minimum absolute atomic E-state index is 0.210. The van der Waals surface area contributed by atoms with Crippen LogP contribution in [-0.4, -0.2) is 0 Å². The van der Waals surface area contributed by atoms with Crippen molar-refractivity contribution in [3.63, 3.8) is 0 Å². The van der Waals surface area contributed by atoms with Gasteiger partial charge in [-0.1, -0.05) is 29.6 Å². The number of thioether (sulfide) groups is 2. The highest BCUT2D eigenvalue weighted by Crippen LogP contribution is 2.54. The summed E-state index contributed by atoms with van der Waals surface area (Å²) < 4.78 is 1.97. The third-order valence-corrected chi connectivity index (χ3v) is 6.11. The van der Waals surface area contributed by atoms with E-state index in [-0.39, 0.29) is 5.57 Å². The highest BCUT2D eigenvalue weighted by Gasteiger charge is 2.24. The second-order valence-corrected chi connectivity index (χ2v) is 6.57. The van der Waals surface area contributed by atoms with Gasteiger partial charge >= 0.3 is 0 Å². The van der Waals surface area contributed by atoms with Gasteiger partial charge in [0, 0.05) is 13.4 Å². The van der Waals surface area contributed by atoms with Crippen molar-refractivity contribution in [1.82, 2.24) is 0 Å². The normalized spacial score (nSPS) is 12.9. The van der Waals surface area contributed by atoms with Crippen LogP contribution in [0, 0.1) is 33.2 Å². The predicted octanol–water partition coefficient (Wildman–Crippen LogP) is 4.06. The summed E-state index contributed by atoms with van der Waals surface area (Å²) in [6.07, 6.45) is 0. The van der Waals surface area contributed by atoms with Gasteiger partial charge in [0.2, 0.25) is 0 Å². The molecule has 1 aromatic rings. The van der Waals surface area contributed by atoms with Crippen molar-refractivity contribution >= 4 is 46.1 Å². The standard InChI is InChI=1S/C11H5IN2S2/c1-6-2-3-8(12)10-9(6)15-11(16-10)7(4-13)5-14/h2-3H,1H3. The average Bonchev–Trinajstić information content (AvgIpc) is 2.71. The number of rotatable bonds is 0. The molecule has 0 fully saturated rings. The van der Waals surface area contributed by atoms with Crippen molar-refractivity contribution < 1.29 is 0 Å². The van der Waals surface area contributed by atoms with Gasteiger partial charge in [0.25, 0.3) is 0 Å². The van der Waals surface area contributed by atoms with Crippen LogP contribution < -0.4 is 0 Å². The lowest BCUT2D eigenvalue weighted by Gasteiger charge is -2.02. The molecule has 0 unspecified atom stereocenters. The monoisotopic (exact) mass is 356 g/mol. The number of benzene rings is 1. The zero-order valence-corrected chi connectivity index (χ0v) is 12.0. The summed E-state index contributed by atoms with van der Waals surface area (Å²) >= 11 is 5.33. The highest BCUT2D eigenvalue weighted by atomic mass is 127. The zero-order valence-electron chi connectivity index (χ0n) is 8.24. The second kappa shape index (κ2) is 4.70. The van der Waals surface area contributed by atoms with E-state index in [1.807, 2.05) is 19.1 Å². The molecular weight excluding hydrogens is 351 g/mol. The van der Waals surface area contributed by atoms with Crippen molar-refractivity contribution in [2.45, 2.75) is 16.7 Å². The van der Waals surface area contributed by atoms with Gasteiger partial charge in [-0.15, -0.1) is 0 Å². The number of hydrogen-bond acceptors (Lipinski definition) is 4. The van der Waals surface area contributed by atoms with Crippen LogP contribution in [0.5, 0.6) is 0 Å². The Morgan fingerprint density at radius 3 is 2.38 bits per heavy atom. The van der Waals surface area contributed by atoms with Crippen LogP contribution >= 0.6 is 46.1 Å². The second-order valence-electron chi connectivity index (χ2n) is 3.11. The third kappa shape index (κ3) is 1.95. The fourth-order valence-corrected chi connectivity index (χ4v) is 4.77. The summed E-state index contributed by atoms with van der Waals surface area (Å²) in [5.74, 6) is 0. The van der Waals surface area contributed by atoms with Crippen molar-refractivity contribution in [2.24, 2.45) is 0 Å². The molecule has 0 radical (unpaired) electrons. The Kier molecular flexibility index (Phi) is 3.48. The van der Waals surface area contributed by atoms with E-state index < -0.39 is 0 Å². The van der Waals surface area contributed by atoms with Crippen LogP contribution in [0.1, 0.15) is 5.56 Å². The van der Waals surface area contributed by atoms with Gasteiger partial charge in [-0.2, -0.15) is 10.5 Å². The number of halogens is 1. The molecule has 0 atom stereocenters. The van der Waals surface area contributed by atoms with E-state index in [4.69, 9.17) is 10.5 Å². The molecule has 1 aromatic carbocycles. The van der Waals surface area contributed by atoms with Crippen LogP contribution in [0.3, 0.4) is 0 Å². The SMILES string of the molecule is Cc1ccc(I)c2c1SC(=C(C#N)C#N)S2. The van der Waals surface area contributed by atoms with Gasteiger partial charge in [0.05, 0.1) is 4.24 Å². The van der Waals surface area contributed by atoms with Crippen LogP contribution in [-0.2, 0) is 0 Å². The number of nitriles is 2. The van der Waals surface area contributed by atoms with Gasteiger partial charge in [-0.3, -0.25) is 0 Å². The fourth-order valence-electron chi connectivity index (χ4n) is 1.28. The van der Waals surface area contributed by atoms with Crippen molar-refractivity contribution in [3.8, 4) is 12.1 Å². The first-order valence-electron chi connectivity index (χ1n) is 4.36. The lowest BCUT2D eigenvalue weighted by atomic mass is 10.2. The van der Waals surface area contributed by atoms with E-state index in [1.54, 1.807) is 0 Å². The van der Waals surface area contributed by atoms with Crippen LogP contribution in [0.15, 0.2) is 31.7 Å². The van der Waals surface area contributed by atoms with E-state index in [0.717, 1.165) is 4.24 Å². The van der Waals surface area contributed by atoms with Gasteiger partial charge in [0.15, 0.2) is 0 Å². The molecule has 16 heavy (non-hydrogen) atoms. The summed E-state index contributed by atoms with van der Waals surface area (Å²) in [5, 5.41) is 17.7. The molecule has 0 N–H and O–H groups in total. The van der Waals surface area contributed by atoms with E-state index in [9.17, 15) is 0 Å². The first kappa shape index (κ1) is 11.8. The summed E-state index contributed by atoms with van der Waals surface area (Å²) in [5.41, 5.74) is 1.40. The zero-order chi connectivity index (χ0) is 11.7. The third-order valence-electron chi connectivity index (χ3n) is 2.08. The molecule has 0 aliphatic carbocycles. The molecule has 0 saturated heterocycles. The summed E-state index contributed by atoms with van der Waals surface area (Å²) in [6.45, 7) is 2.05. The van der Waals surface area contributed by atoms with Crippen molar-refractivity contribution in [1.29, 1.82) is 10.5 Å². The predicted molar refractivity (Wildman–Crippen MR) is 73.9 cm³/mol. The first-order chi connectivity index (χ1) is 7.67. The smallest absolute Gasteiger partial charge is 0.150 e. The molecular formula is C11H5IN2S2. The molecule has 2 nitrogen and oxygen atoms in total. The van der Waals surface area contributed by atoms with Gasteiger partial charge in [-0.25, -0.2) is 0 Å². The van der Waals surface area contributed by atoms with Gasteiger partial charge in [-0.05, 0) is 41.1 Å². The van der Waals surface area contributed by atoms with Crippen molar-refractivity contribution in [2.75, 3.05) is 0 Å². The Morgan fingerprint density at radius 2 is 1.81 bits per heavy atom. The Hall–Kier alpha value is -0.630. The molecule has 2 rings (SSSR count). The van der Waals surface area contributed by atoms with E-state index in [0.29, 0.717) is 0 Å². The Labute approximate surface area is 116 Å². The largest absolute Gasteiger partial charge is 0.192 e. The molecule has 0 spiro atoms. The van der Waals surface area contributed by atoms with E-state index >= 15 is 0 Å². The number of nitrogens with zero attached hydrogens (tertiary/aromatic N) is 2. The number of allylic oxidation sites excluding steroid dienone is 1. The summed E-state index contributed by atoms with van der Waals surface area (Å²) in [7, 11) is 0. The maximum atomic E-state index is 8.85. The molecule has 0 aromatic heterocycles. The first-order valence-corrected chi connectivity index (χ1v) is 7.08. The number of fused-ring (bicyclic) bond motifs is 1. The van der Waals surface area contributed by atoms with Crippen LogP contribution in [0.4, 0.5) is 0 Å². The summed E-state index contributed by atoms with van der Waals surface area (Å²) in [4.78, 5) is 2.35. The quantitative estimate of drug-likeness (QED) is 0.520. The topological polar surface area (TPSA) is 47.6 Å². The van der Waals surface area contributed by atoms with Crippen LogP contribution in [0.2, 0.25) is 0 Å². The van der Waals surface area contributed by atoms with E-state index in [1.165, 1.54) is 42.4 Å². The van der Waals surface area contributed by atoms with Crippen LogP contribution in [0.25, 0.3) is 0 Å². The average molecular weight is 356 g/mol. The Bertz CT molecular complexity index is 530. The molecule has 0 bridgehead atoms. The molecule has 78 valence electrons. The fraction of sp³-hybridized carbons (Fsp3) is 0.0909. The lowest BCUT2D eigenvalue weighted by Crippen LogP contribution is -1.81. The maximum Gasteiger partial charge on any atom is 0.150 e. The molecule has 5 heteroatoms. The number of aryl methyl sites for hydroxylation is 1. The molecule has 1 aliphatic heterocycles. The molecule has 1 aliphatic rings. The van der Waals surface area contributed by atoms with Gasteiger partial charge < -0.3 is 0 Å². The van der Waals surface area contributed by atoms with Gasteiger partial charge in [0.1, 0.15) is 17.7 Å². The van der Waals surface area contributed by atoms with Crippen molar-refractivity contribution in [3.05, 3.63) is 31.1 Å². The molecule has 0 amide bonds. The minimum Gasteiger partial charge on any atom is -0.192 e. The maximum absolute atomic E-state index is 8.85. The lowest BCUT2D eigenvalue weighted by molar-refractivity contribution is 1.16. The van der Waals surface area contributed by atoms with E-state index in [2.05, 4.69) is 34.7 Å². The Morgan fingerprint density at radius 1 is 1.19 bits per heavy atom. The molecule has 1 heterocycles. The molecule has 0 saturated carbocycles. The Balaban J connectivity index is 2.55. The number of hydrogen-bond donors (Lipinski definition) is 0. The minimum atomic E-state index is 0.210. The highest BCUT2D eigenvalue weighted by molar-refractivity contribution is 14.1. The summed E-state index contributed by atoms with van der Waals surface area (Å²) in [6, 6.07) is 8.01.